The van der Waals surface area contributed by atoms with Gasteiger partial charge >= 0.3 is 5.97 Å². The number of carbonyl (C=O) groups is 1. The minimum absolute atomic E-state index is 0.155. The van der Waals surface area contributed by atoms with E-state index in [1.54, 1.807) is 19.1 Å². The van der Waals surface area contributed by atoms with Gasteiger partial charge in [-0.3, -0.25) is 0 Å². The lowest BCUT2D eigenvalue weighted by Gasteiger charge is -2.12. The van der Waals surface area contributed by atoms with Crippen molar-refractivity contribution in [3.63, 3.8) is 0 Å². The molecule has 0 saturated carbocycles. The largest absolute Gasteiger partial charge is 0.506 e. The number of benzene rings is 2. The molecule has 0 spiro atoms. The zero-order valence-electron chi connectivity index (χ0n) is 11.2. The zero-order chi connectivity index (χ0) is 15.6. The van der Waals surface area contributed by atoms with Crippen LogP contribution in [-0.4, -0.2) is 16.2 Å². The van der Waals surface area contributed by atoms with Crippen LogP contribution in [0.15, 0.2) is 39.3 Å². The third-order valence-electron chi connectivity index (χ3n) is 3.12. The van der Waals surface area contributed by atoms with Gasteiger partial charge in [0.2, 0.25) is 0 Å². The Hall–Kier alpha value is -1.53. The van der Waals surface area contributed by atoms with Crippen LogP contribution in [0, 0.1) is 6.92 Å². The number of carboxylic acid groups (broad SMARTS) is 1. The number of hydrogen-bond acceptors (Lipinski definition) is 3. The van der Waals surface area contributed by atoms with Crippen LogP contribution in [-0.2, 0) is 6.54 Å². The summed E-state index contributed by atoms with van der Waals surface area (Å²) < 4.78 is 1.20. The number of nitrogens with one attached hydrogen (secondary N) is 1. The van der Waals surface area contributed by atoms with Gasteiger partial charge in [0, 0.05) is 12.2 Å². The predicted molar refractivity (Wildman–Crippen MR) is 89.0 cm³/mol. The molecule has 6 heteroatoms. The lowest BCUT2D eigenvalue weighted by atomic mass is 10.1. The van der Waals surface area contributed by atoms with Crippen LogP contribution >= 0.6 is 31.9 Å². The highest BCUT2D eigenvalue weighted by Gasteiger charge is 2.10. The molecule has 0 saturated heterocycles. The Balaban J connectivity index is 2.21. The first-order valence-corrected chi connectivity index (χ1v) is 7.72. The van der Waals surface area contributed by atoms with Gasteiger partial charge in [0.15, 0.2) is 0 Å². The summed E-state index contributed by atoms with van der Waals surface area (Å²) in [7, 11) is 0. The number of phenolic OH excluding ortho intramolecular Hbond substituents is 1. The molecular formula is C15H13Br2NO3. The van der Waals surface area contributed by atoms with Crippen LogP contribution < -0.4 is 5.32 Å². The molecule has 3 N–H and O–H groups in total. The van der Waals surface area contributed by atoms with Crippen molar-refractivity contribution >= 4 is 43.5 Å². The molecule has 0 fully saturated rings. The first-order chi connectivity index (χ1) is 9.90. The Labute approximate surface area is 139 Å². The molecule has 0 aromatic heterocycles. The Kier molecular flexibility index (Phi) is 4.90. The fraction of sp³-hybridized carbons (Fsp3) is 0.133. The summed E-state index contributed by atoms with van der Waals surface area (Å²) in [6.45, 7) is 2.29. The number of rotatable bonds is 4. The number of halogens is 2. The molecule has 2 aromatic carbocycles. The molecule has 0 radical (unpaired) electrons. The van der Waals surface area contributed by atoms with Gasteiger partial charge < -0.3 is 15.5 Å². The first kappa shape index (κ1) is 15.9. The van der Waals surface area contributed by atoms with Crippen molar-refractivity contribution in [3.8, 4) is 5.75 Å². The second-order valence-corrected chi connectivity index (χ2v) is 6.25. The van der Waals surface area contributed by atoms with Crippen molar-refractivity contribution in [1.29, 1.82) is 0 Å². The lowest BCUT2D eigenvalue weighted by Crippen LogP contribution is -2.05. The lowest BCUT2D eigenvalue weighted by molar-refractivity contribution is 0.0696. The third kappa shape index (κ3) is 3.57. The number of phenols is 1. The Morgan fingerprint density at radius 3 is 2.43 bits per heavy atom. The van der Waals surface area contributed by atoms with E-state index in [2.05, 4.69) is 37.2 Å². The van der Waals surface area contributed by atoms with E-state index in [1.165, 1.54) is 0 Å². The number of anilines is 1. The Morgan fingerprint density at radius 1 is 1.24 bits per heavy atom. The summed E-state index contributed by atoms with van der Waals surface area (Å²) in [6.07, 6.45) is 0. The van der Waals surface area contributed by atoms with Crippen LogP contribution in [0.4, 0.5) is 5.69 Å². The molecule has 0 atom stereocenters. The molecule has 2 rings (SSSR count). The van der Waals surface area contributed by atoms with Crippen molar-refractivity contribution in [1.82, 2.24) is 0 Å². The molecule has 0 bridgehead atoms. The van der Waals surface area contributed by atoms with Crippen molar-refractivity contribution in [3.05, 3.63) is 56.0 Å². The maximum Gasteiger partial charge on any atom is 0.336 e. The highest BCUT2D eigenvalue weighted by Crippen LogP contribution is 2.33. The summed E-state index contributed by atoms with van der Waals surface area (Å²) >= 11 is 6.57. The zero-order valence-corrected chi connectivity index (χ0v) is 14.3. The normalized spacial score (nSPS) is 10.4. The highest BCUT2D eigenvalue weighted by atomic mass is 79.9. The number of hydrogen-bond donors (Lipinski definition) is 3. The van der Waals surface area contributed by atoms with Gasteiger partial charge in [0.1, 0.15) is 5.75 Å². The van der Waals surface area contributed by atoms with Crippen LogP contribution in [0.25, 0.3) is 0 Å². The number of aromatic carboxylic acids is 1. The quantitative estimate of drug-likeness (QED) is 0.687. The summed E-state index contributed by atoms with van der Waals surface area (Å²) in [4.78, 5) is 11.1. The van der Waals surface area contributed by atoms with Gasteiger partial charge in [0.25, 0.3) is 0 Å². The summed E-state index contributed by atoms with van der Waals surface area (Å²) in [6, 6.07) is 8.75. The van der Waals surface area contributed by atoms with Crippen LogP contribution in [0.2, 0.25) is 0 Å². The van der Waals surface area contributed by atoms with E-state index in [0.29, 0.717) is 21.1 Å². The Bertz CT molecular complexity index is 678. The van der Waals surface area contributed by atoms with Crippen LogP contribution in [0.5, 0.6) is 5.75 Å². The minimum atomic E-state index is -0.939. The fourth-order valence-corrected chi connectivity index (χ4v) is 3.26. The highest BCUT2D eigenvalue weighted by molar-refractivity contribution is 9.11. The second kappa shape index (κ2) is 6.49. The standard InChI is InChI=1S/C15H13Br2NO3/c1-8-10(15(20)21)3-2-4-13(8)18-7-9-5-11(16)14(19)12(17)6-9/h2-6,18-19H,7H2,1H3,(H,20,21). The van der Waals surface area contributed by atoms with E-state index >= 15 is 0 Å². The van der Waals surface area contributed by atoms with Gasteiger partial charge in [-0.2, -0.15) is 0 Å². The van der Waals surface area contributed by atoms with E-state index in [-0.39, 0.29) is 11.3 Å². The van der Waals surface area contributed by atoms with E-state index in [1.807, 2.05) is 18.2 Å². The van der Waals surface area contributed by atoms with Crippen molar-refractivity contribution < 1.29 is 15.0 Å². The molecule has 0 unspecified atom stereocenters. The van der Waals surface area contributed by atoms with E-state index in [4.69, 9.17) is 5.11 Å². The topological polar surface area (TPSA) is 69.6 Å². The van der Waals surface area contributed by atoms with Gasteiger partial charge in [-0.25, -0.2) is 4.79 Å². The number of aromatic hydroxyl groups is 1. The average Bonchev–Trinajstić information content (AvgIpc) is 2.43. The predicted octanol–water partition coefficient (Wildman–Crippen LogP) is 4.54. The molecular weight excluding hydrogens is 402 g/mol. The Morgan fingerprint density at radius 2 is 1.86 bits per heavy atom. The molecule has 0 aliphatic rings. The fourth-order valence-electron chi connectivity index (χ4n) is 1.98. The SMILES string of the molecule is Cc1c(NCc2cc(Br)c(O)c(Br)c2)cccc1C(=O)O. The molecule has 21 heavy (non-hydrogen) atoms. The van der Waals surface area contributed by atoms with E-state index in [9.17, 15) is 9.90 Å². The molecule has 110 valence electrons. The summed E-state index contributed by atoms with van der Waals surface area (Å²) in [5.74, 6) is -0.783. The van der Waals surface area contributed by atoms with Crippen LogP contribution in [0.1, 0.15) is 21.5 Å². The summed E-state index contributed by atoms with van der Waals surface area (Å²) in [5, 5.41) is 22.0. The second-order valence-electron chi connectivity index (χ2n) is 4.54. The maximum absolute atomic E-state index is 11.1. The van der Waals surface area contributed by atoms with Gasteiger partial charge in [-0.05, 0) is 74.2 Å². The van der Waals surface area contributed by atoms with Gasteiger partial charge in [0.05, 0.1) is 14.5 Å². The molecule has 2 aromatic rings. The third-order valence-corrected chi connectivity index (χ3v) is 4.33. The molecule has 4 nitrogen and oxygen atoms in total. The van der Waals surface area contributed by atoms with Crippen LogP contribution in [0.3, 0.4) is 0 Å². The van der Waals surface area contributed by atoms with Crippen molar-refractivity contribution in [2.24, 2.45) is 0 Å². The number of carboxylic acids is 1. The molecule has 0 aliphatic heterocycles. The van der Waals surface area contributed by atoms with Gasteiger partial charge in [-0.1, -0.05) is 6.07 Å². The smallest absolute Gasteiger partial charge is 0.336 e. The minimum Gasteiger partial charge on any atom is -0.506 e. The monoisotopic (exact) mass is 413 g/mol. The molecule has 0 aliphatic carbocycles. The van der Waals surface area contributed by atoms with Gasteiger partial charge in [-0.15, -0.1) is 0 Å². The maximum atomic E-state index is 11.1. The van der Waals surface area contributed by atoms with E-state index in [0.717, 1.165) is 11.3 Å². The van der Waals surface area contributed by atoms with E-state index < -0.39 is 5.97 Å². The molecule has 0 heterocycles. The average molecular weight is 415 g/mol. The van der Waals surface area contributed by atoms with Crippen molar-refractivity contribution in [2.45, 2.75) is 13.5 Å². The summed E-state index contributed by atoms with van der Waals surface area (Å²) in [5.41, 5.74) is 2.71. The first-order valence-electron chi connectivity index (χ1n) is 6.14. The van der Waals surface area contributed by atoms with Crippen molar-refractivity contribution in [2.75, 3.05) is 5.32 Å². The molecule has 0 amide bonds.